The van der Waals surface area contributed by atoms with Gasteiger partial charge < -0.3 is 5.11 Å². The van der Waals surface area contributed by atoms with Crippen molar-refractivity contribution in [3.8, 4) is 0 Å². The highest BCUT2D eigenvalue weighted by molar-refractivity contribution is 5.75. The SMILES string of the molecule is CC=CC1CCCC1(C)C(=O)O. The van der Waals surface area contributed by atoms with Gasteiger partial charge in [0, 0.05) is 0 Å². The summed E-state index contributed by atoms with van der Waals surface area (Å²) < 4.78 is 0. The van der Waals surface area contributed by atoms with Gasteiger partial charge in [-0.05, 0) is 32.6 Å². The van der Waals surface area contributed by atoms with Crippen molar-refractivity contribution in [2.24, 2.45) is 11.3 Å². The van der Waals surface area contributed by atoms with Gasteiger partial charge >= 0.3 is 5.97 Å². The van der Waals surface area contributed by atoms with Crippen LogP contribution in [-0.2, 0) is 4.79 Å². The van der Waals surface area contributed by atoms with Crippen LogP contribution < -0.4 is 0 Å². The molecule has 0 aromatic heterocycles. The molecule has 0 amide bonds. The Bertz CT molecular complexity index is 208. The maximum atomic E-state index is 11.0. The third-order valence-corrected chi connectivity index (χ3v) is 2.94. The lowest BCUT2D eigenvalue weighted by Crippen LogP contribution is -2.30. The molecule has 0 saturated heterocycles. The van der Waals surface area contributed by atoms with E-state index in [1.807, 2.05) is 26.0 Å². The number of carboxylic acids is 1. The zero-order chi connectivity index (χ0) is 9.19. The first kappa shape index (κ1) is 9.30. The fourth-order valence-corrected chi connectivity index (χ4v) is 2.00. The van der Waals surface area contributed by atoms with Gasteiger partial charge in [0.05, 0.1) is 5.41 Å². The average Bonchev–Trinajstić information content (AvgIpc) is 2.35. The summed E-state index contributed by atoms with van der Waals surface area (Å²) in [5.74, 6) is -0.414. The molecule has 2 nitrogen and oxygen atoms in total. The normalized spacial score (nSPS) is 36.0. The quantitative estimate of drug-likeness (QED) is 0.643. The molecule has 0 heterocycles. The Morgan fingerprint density at radius 3 is 2.83 bits per heavy atom. The standard InChI is InChI=1S/C10H16O2/c1-3-5-8-6-4-7-10(8,2)9(11)12/h3,5,8H,4,6-7H2,1-2H3,(H,11,12). The van der Waals surface area contributed by atoms with Crippen LogP contribution in [0, 0.1) is 11.3 Å². The van der Waals surface area contributed by atoms with E-state index >= 15 is 0 Å². The minimum absolute atomic E-state index is 0.236. The van der Waals surface area contributed by atoms with Crippen LogP contribution in [0.3, 0.4) is 0 Å². The van der Waals surface area contributed by atoms with E-state index in [-0.39, 0.29) is 5.92 Å². The van der Waals surface area contributed by atoms with Gasteiger partial charge in [-0.2, -0.15) is 0 Å². The van der Waals surface area contributed by atoms with Crippen molar-refractivity contribution in [2.75, 3.05) is 0 Å². The molecule has 2 heteroatoms. The van der Waals surface area contributed by atoms with Crippen molar-refractivity contribution in [3.05, 3.63) is 12.2 Å². The maximum absolute atomic E-state index is 11.0. The van der Waals surface area contributed by atoms with E-state index in [9.17, 15) is 4.79 Å². The van der Waals surface area contributed by atoms with Crippen LogP contribution in [0.1, 0.15) is 33.1 Å². The Morgan fingerprint density at radius 2 is 2.33 bits per heavy atom. The molecule has 0 aromatic rings. The van der Waals surface area contributed by atoms with Crippen molar-refractivity contribution in [1.82, 2.24) is 0 Å². The molecule has 0 spiro atoms. The second-order valence-electron chi connectivity index (χ2n) is 3.75. The monoisotopic (exact) mass is 168 g/mol. The van der Waals surface area contributed by atoms with E-state index < -0.39 is 11.4 Å². The van der Waals surface area contributed by atoms with E-state index in [1.54, 1.807) is 0 Å². The number of hydrogen-bond acceptors (Lipinski definition) is 1. The zero-order valence-electron chi connectivity index (χ0n) is 7.71. The van der Waals surface area contributed by atoms with Gasteiger partial charge in [0.1, 0.15) is 0 Å². The first-order valence-electron chi connectivity index (χ1n) is 4.47. The second-order valence-corrected chi connectivity index (χ2v) is 3.75. The Balaban J connectivity index is 2.81. The van der Waals surface area contributed by atoms with Crippen molar-refractivity contribution >= 4 is 5.97 Å². The largest absolute Gasteiger partial charge is 0.481 e. The van der Waals surface area contributed by atoms with Gasteiger partial charge in [0.15, 0.2) is 0 Å². The Hall–Kier alpha value is -0.790. The van der Waals surface area contributed by atoms with Crippen LogP contribution in [0.15, 0.2) is 12.2 Å². The van der Waals surface area contributed by atoms with Crippen LogP contribution in [0.25, 0.3) is 0 Å². The van der Waals surface area contributed by atoms with Crippen LogP contribution >= 0.6 is 0 Å². The lowest BCUT2D eigenvalue weighted by atomic mass is 9.80. The number of carboxylic acid groups (broad SMARTS) is 1. The van der Waals surface area contributed by atoms with Gasteiger partial charge in [0.25, 0.3) is 0 Å². The second kappa shape index (κ2) is 3.30. The van der Waals surface area contributed by atoms with Crippen LogP contribution in [0.5, 0.6) is 0 Å². The molecule has 12 heavy (non-hydrogen) atoms. The first-order valence-corrected chi connectivity index (χ1v) is 4.47. The number of carbonyl (C=O) groups is 1. The number of rotatable bonds is 2. The van der Waals surface area contributed by atoms with Gasteiger partial charge in [-0.3, -0.25) is 4.79 Å². The van der Waals surface area contributed by atoms with Gasteiger partial charge in [-0.15, -0.1) is 0 Å². The van der Waals surface area contributed by atoms with Crippen LogP contribution in [-0.4, -0.2) is 11.1 Å². The van der Waals surface area contributed by atoms with E-state index in [2.05, 4.69) is 0 Å². The van der Waals surface area contributed by atoms with E-state index in [0.29, 0.717) is 0 Å². The molecule has 0 aromatic carbocycles. The molecule has 1 rings (SSSR count). The average molecular weight is 168 g/mol. The minimum atomic E-state index is -0.650. The van der Waals surface area contributed by atoms with E-state index in [0.717, 1.165) is 19.3 Å². The zero-order valence-corrected chi connectivity index (χ0v) is 7.71. The van der Waals surface area contributed by atoms with Crippen LogP contribution in [0.4, 0.5) is 0 Å². The topological polar surface area (TPSA) is 37.3 Å². The van der Waals surface area contributed by atoms with Crippen LogP contribution in [0.2, 0.25) is 0 Å². The summed E-state index contributed by atoms with van der Waals surface area (Å²) in [7, 11) is 0. The summed E-state index contributed by atoms with van der Waals surface area (Å²) in [6.45, 7) is 3.80. The molecule has 1 N–H and O–H groups in total. The van der Waals surface area contributed by atoms with E-state index in [1.165, 1.54) is 0 Å². The van der Waals surface area contributed by atoms with Gasteiger partial charge in [0.2, 0.25) is 0 Å². The molecule has 1 aliphatic carbocycles. The predicted molar refractivity (Wildman–Crippen MR) is 47.9 cm³/mol. The third kappa shape index (κ3) is 1.38. The van der Waals surface area contributed by atoms with Gasteiger partial charge in [-0.25, -0.2) is 0 Å². The molecular weight excluding hydrogens is 152 g/mol. The van der Waals surface area contributed by atoms with Crippen molar-refractivity contribution < 1.29 is 9.90 Å². The lowest BCUT2D eigenvalue weighted by Gasteiger charge is -2.24. The molecule has 2 unspecified atom stereocenters. The Labute approximate surface area is 73.3 Å². The summed E-state index contributed by atoms with van der Waals surface area (Å²) >= 11 is 0. The molecular formula is C10H16O2. The highest BCUT2D eigenvalue weighted by Crippen LogP contribution is 2.43. The lowest BCUT2D eigenvalue weighted by molar-refractivity contribution is -0.149. The molecule has 1 saturated carbocycles. The summed E-state index contributed by atoms with van der Waals surface area (Å²) in [6, 6.07) is 0. The van der Waals surface area contributed by atoms with Gasteiger partial charge in [-0.1, -0.05) is 18.6 Å². The maximum Gasteiger partial charge on any atom is 0.309 e. The fourth-order valence-electron chi connectivity index (χ4n) is 2.00. The number of allylic oxidation sites excluding steroid dienone is 2. The first-order chi connectivity index (χ1) is 5.61. The third-order valence-electron chi connectivity index (χ3n) is 2.94. The van der Waals surface area contributed by atoms with Crippen molar-refractivity contribution in [2.45, 2.75) is 33.1 Å². The number of hydrogen-bond donors (Lipinski definition) is 1. The fraction of sp³-hybridized carbons (Fsp3) is 0.700. The minimum Gasteiger partial charge on any atom is -0.481 e. The molecule has 0 aliphatic heterocycles. The highest BCUT2D eigenvalue weighted by Gasteiger charge is 2.43. The van der Waals surface area contributed by atoms with Crippen molar-refractivity contribution in [1.29, 1.82) is 0 Å². The molecule has 0 bridgehead atoms. The van der Waals surface area contributed by atoms with Crippen molar-refractivity contribution in [3.63, 3.8) is 0 Å². The molecule has 2 atom stereocenters. The molecule has 68 valence electrons. The highest BCUT2D eigenvalue weighted by atomic mass is 16.4. The Kier molecular flexibility index (Phi) is 2.55. The summed E-state index contributed by atoms with van der Waals surface area (Å²) in [6.07, 6.45) is 6.86. The smallest absolute Gasteiger partial charge is 0.309 e. The molecule has 1 aliphatic rings. The van der Waals surface area contributed by atoms with E-state index in [4.69, 9.17) is 5.11 Å². The summed E-state index contributed by atoms with van der Waals surface area (Å²) in [5, 5.41) is 9.04. The molecule has 0 radical (unpaired) electrons. The summed E-state index contributed by atoms with van der Waals surface area (Å²) in [5.41, 5.74) is -0.507. The predicted octanol–water partition coefficient (Wildman–Crippen LogP) is 2.45. The summed E-state index contributed by atoms with van der Waals surface area (Å²) in [4.78, 5) is 11.0. The number of aliphatic carboxylic acids is 1. The Morgan fingerprint density at radius 1 is 1.67 bits per heavy atom. The molecule has 1 fully saturated rings.